The minimum Gasteiger partial charge on any atom is -0.299 e. The molecule has 2 nitrogen and oxygen atoms in total. The number of ketones is 2. The van der Waals surface area contributed by atoms with Gasteiger partial charge in [-0.3, -0.25) is 9.59 Å². The van der Waals surface area contributed by atoms with Crippen molar-refractivity contribution in [1.29, 1.82) is 0 Å². The molecule has 3 fully saturated rings. The topological polar surface area (TPSA) is 34.1 Å². The molecule has 0 N–H and O–H groups in total. The number of rotatable bonds is 0. The monoisotopic (exact) mass is 284 g/mol. The molecule has 0 aliphatic heterocycles. The highest BCUT2D eigenvalue weighted by Gasteiger charge is 2.56. The van der Waals surface area contributed by atoms with Crippen molar-refractivity contribution in [2.24, 2.45) is 22.7 Å². The van der Waals surface area contributed by atoms with Gasteiger partial charge in [-0.15, -0.1) is 0 Å². The van der Waals surface area contributed by atoms with Gasteiger partial charge in [-0.2, -0.15) is 0 Å². The van der Waals surface area contributed by atoms with Gasteiger partial charge in [0.25, 0.3) is 0 Å². The highest BCUT2D eigenvalue weighted by Crippen LogP contribution is 2.62. The second-order valence-corrected chi connectivity index (χ2v) is 8.01. The Bertz CT molecular complexity index is 597. The molecule has 0 unspecified atom stereocenters. The van der Waals surface area contributed by atoms with Gasteiger partial charge in [-0.1, -0.05) is 37.1 Å². The third-order valence-corrected chi connectivity index (χ3v) is 7.11. The third-order valence-electron chi connectivity index (χ3n) is 7.11. The Morgan fingerprint density at radius 2 is 1.71 bits per heavy atom. The highest BCUT2D eigenvalue weighted by molar-refractivity contribution is 5.88. The Hall–Kier alpha value is -1.18. The van der Waals surface area contributed by atoms with E-state index < -0.39 is 0 Å². The summed E-state index contributed by atoms with van der Waals surface area (Å²) in [6.45, 7) is 4.55. The molecule has 3 saturated carbocycles. The SMILES string of the molecule is C[C@@]12CCC(=O)CC1=CC=C1[C@H]2CC[C@]2(C)C(=O)CC[C@@H]12. The van der Waals surface area contributed by atoms with Crippen LogP contribution in [0.2, 0.25) is 0 Å². The average molecular weight is 284 g/mol. The standard InChI is InChI=1S/C19H24O2/c1-18-9-7-13(20)11-12(18)3-4-14-15-5-6-17(21)19(15,2)10-8-16(14)18/h3-4,15-16H,5-11H2,1-2H3/t15-,16+,18+,19-/m0/s1. The van der Waals surface area contributed by atoms with Crippen molar-refractivity contribution in [1.82, 2.24) is 0 Å². The fraction of sp³-hybridized carbons (Fsp3) is 0.684. The first-order valence-corrected chi connectivity index (χ1v) is 8.41. The van der Waals surface area contributed by atoms with Gasteiger partial charge in [0.05, 0.1) is 0 Å². The smallest absolute Gasteiger partial charge is 0.139 e. The molecular weight excluding hydrogens is 260 g/mol. The van der Waals surface area contributed by atoms with E-state index in [0.717, 1.165) is 38.5 Å². The van der Waals surface area contributed by atoms with Crippen molar-refractivity contribution < 1.29 is 9.59 Å². The zero-order valence-electron chi connectivity index (χ0n) is 13.1. The summed E-state index contributed by atoms with van der Waals surface area (Å²) < 4.78 is 0. The van der Waals surface area contributed by atoms with E-state index in [1.807, 2.05) is 0 Å². The van der Waals surface area contributed by atoms with Gasteiger partial charge >= 0.3 is 0 Å². The van der Waals surface area contributed by atoms with E-state index in [0.29, 0.717) is 29.8 Å². The maximum atomic E-state index is 12.3. The van der Waals surface area contributed by atoms with Crippen molar-refractivity contribution in [2.45, 2.75) is 58.8 Å². The molecular formula is C19H24O2. The van der Waals surface area contributed by atoms with Crippen molar-refractivity contribution >= 4 is 11.6 Å². The van der Waals surface area contributed by atoms with Gasteiger partial charge in [0.2, 0.25) is 0 Å². The second-order valence-electron chi connectivity index (χ2n) is 8.01. The maximum Gasteiger partial charge on any atom is 0.139 e. The van der Waals surface area contributed by atoms with E-state index in [9.17, 15) is 9.59 Å². The summed E-state index contributed by atoms with van der Waals surface area (Å²) in [5, 5.41) is 0. The number of fused-ring (bicyclic) bond motifs is 5. The van der Waals surface area contributed by atoms with Gasteiger partial charge in [0.1, 0.15) is 11.6 Å². The fourth-order valence-corrected chi connectivity index (χ4v) is 5.60. The van der Waals surface area contributed by atoms with Gasteiger partial charge in [0, 0.05) is 24.7 Å². The fourth-order valence-electron chi connectivity index (χ4n) is 5.60. The van der Waals surface area contributed by atoms with Gasteiger partial charge in [-0.25, -0.2) is 0 Å². The van der Waals surface area contributed by atoms with E-state index in [4.69, 9.17) is 0 Å². The number of Topliss-reactive ketones (excluding diaryl/α,β-unsaturated/α-hetero) is 2. The Morgan fingerprint density at radius 1 is 0.952 bits per heavy atom. The van der Waals surface area contributed by atoms with Gasteiger partial charge < -0.3 is 0 Å². The van der Waals surface area contributed by atoms with Crippen molar-refractivity contribution in [3.63, 3.8) is 0 Å². The Morgan fingerprint density at radius 3 is 2.52 bits per heavy atom. The number of allylic oxidation sites excluding steroid dienone is 4. The first kappa shape index (κ1) is 13.5. The molecule has 0 heterocycles. The molecule has 0 amide bonds. The molecule has 0 saturated heterocycles. The first-order valence-electron chi connectivity index (χ1n) is 8.41. The Kier molecular flexibility index (Phi) is 2.68. The molecule has 4 rings (SSSR count). The number of hydrogen-bond acceptors (Lipinski definition) is 2. The molecule has 0 radical (unpaired) electrons. The lowest BCUT2D eigenvalue weighted by atomic mass is 9.51. The van der Waals surface area contributed by atoms with Crippen LogP contribution in [-0.4, -0.2) is 11.6 Å². The van der Waals surface area contributed by atoms with Crippen molar-refractivity contribution in [3.05, 3.63) is 23.3 Å². The van der Waals surface area contributed by atoms with E-state index >= 15 is 0 Å². The number of carbonyl (C=O) groups excluding carboxylic acids is 2. The van der Waals surface area contributed by atoms with Crippen LogP contribution in [0.3, 0.4) is 0 Å². The molecule has 0 aromatic rings. The minimum atomic E-state index is -0.103. The normalized spacial score (nSPS) is 45.4. The molecule has 0 bridgehead atoms. The van der Waals surface area contributed by atoms with E-state index in [1.54, 1.807) is 0 Å². The lowest BCUT2D eigenvalue weighted by molar-refractivity contribution is -0.127. The zero-order valence-corrected chi connectivity index (χ0v) is 13.1. The van der Waals surface area contributed by atoms with Crippen LogP contribution in [0, 0.1) is 22.7 Å². The number of hydrogen-bond donors (Lipinski definition) is 0. The minimum absolute atomic E-state index is 0.103. The summed E-state index contributed by atoms with van der Waals surface area (Å²) in [5.41, 5.74) is 2.94. The molecule has 4 aliphatic carbocycles. The van der Waals surface area contributed by atoms with E-state index in [2.05, 4.69) is 26.0 Å². The van der Waals surface area contributed by atoms with Crippen LogP contribution in [0.4, 0.5) is 0 Å². The van der Waals surface area contributed by atoms with Crippen LogP contribution >= 0.6 is 0 Å². The van der Waals surface area contributed by atoms with Crippen LogP contribution in [0.25, 0.3) is 0 Å². The summed E-state index contributed by atoms with van der Waals surface area (Å²) >= 11 is 0. The van der Waals surface area contributed by atoms with Crippen LogP contribution < -0.4 is 0 Å². The zero-order chi connectivity index (χ0) is 14.8. The van der Waals surface area contributed by atoms with E-state index in [1.165, 1.54) is 11.1 Å². The second kappa shape index (κ2) is 4.18. The lowest BCUT2D eigenvalue weighted by Gasteiger charge is -2.52. The predicted octanol–water partition coefficient (Wildman–Crippen LogP) is 4.01. The van der Waals surface area contributed by atoms with Crippen LogP contribution in [0.5, 0.6) is 0 Å². The van der Waals surface area contributed by atoms with Crippen molar-refractivity contribution in [3.8, 4) is 0 Å². The summed E-state index contributed by atoms with van der Waals surface area (Å²) in [7, 11) is 0. The summed E-state index contributed by atoms with van der Waals surface area (Å²) in [5.74, 6) is 1.89. The molecule has 4 aliphatic rings. The molecule has 0 aromatic carbocycles. The van der Waals surface area contributed by atoms with Gasteiger partial charge in [-0.05, 0) is 42.9 Å². The molecule has 21 heavy (non-hydrogen) atoms. The van der Waals surface area contributed by atoms with Gasteiger partial charge in [0.15, 0.2) is 0 Å². The Labute approximate surface area is 126 Å². The predicted molar refractivity (Wildman–Crippen MR) is 81.7 cm³/mol. The highest BCUT2D eigenvalue weighted by atomic mass is 16.1. The van der Waals surface area contributed by atoms with Crippen LogP contribution in [0.15, 0.2) is 23.3 Å². The molecule has 112 valence electrons. The molecule has 0 spiro atoms. The third kappa shape index (κ3) is 1.65. The summed E-state index contributed by atoms with van der Waals surface area (Å²) in [6, 6.07) is 0. The van der Waals surface area contributed by atoms with Crippen molar-refractivity contribution in [2.75, 3.05) is 0 Å². The first-order chi connectivity index (χ1) is 9.95. The maximum absolute atomic E-state index is 12.3. The van der Waals surface area contributed by atoms with E-state index in [-0.39, 0.29) is 10.8 Å². The van der Waals surface area contributed by atoms with Crippen LogP contribution in [-0.2, 0) is 9.59 Å². The largest absolute Gasteiger partial charge is 0.299 e. The summed E-state index contributed by atoms with van der Waals surface area (Å²) in [6.07, 6.45) is 10.8. The molecule has 0 aromatic heterocycles. The number of carbonyl (C=O) groups is 2. The molecule has 4 atom stereocenters. The Balaban J connectivity index is 1.77. The average Bonchev–Trinajstić information content (AvgIpc) is 2.76. The molecule has 2 heteroatoms. The lowest BCUT2D eigenvalue weighted by Crippen LogP contribution is -2.45. The summed E-state index contributed by atoms with van der Waals surface area (Å²) in [4.78, 5) is 24.1. The van der Waals surface area contributed by atoms with Crippen LogP contribution in [0.1, 0.15) is 58.8 Å². The quantitative estimate of drug-likeness (QED) is 0.673.